The Hall–Kier alpha value is -1.93. The van der Waals surface area contributed by atoms with E-state index in [2.05, 4.69) is 14.7 Å². The summed E-state index contributed by atoms with van der Waals surface area (Å²) in [5.74, 6) is 0.161. The summed E-state index contributed by atoms with van der Waals surface area (Å²) in [4.78, 5) is 6.77. The summed E-state index contributed by atoms with van der Waals surface area (Å²) >= 11 is 4.79. The molecule has 18 heavy (non-hydrogen) atoms. The van der Waals surface area contributed by atoms with Crippen LogP contribution in [-0.2, 0) is 10.0 Å². The van der Waals surface area contributed by atoms with Crippen LogP contribution in [-0.4, -0.2) is 23.4 Å². The average Bonchev–Trinajstić information content (AvgIpc) is 2.81. The second kappa shape index (κ2) is 4.75. The summed E-state index contributed by atoms with van der Waals surface area (Å²) in [6, 6.07) is 5.97. The number of nitrogens with one attached hydrogen (secondary N) is 2. The van der Waals surface area contributed by atoms with Crippen LogP contribution in [0.15, 0.2) is 41.6 Å². The molecule has 2 aromatic rings. The van der Waals surface area contributed by atoms with E-state index < -0.39 is 10.0 Å². The normalized spacial score (nSPS) is 11.1. The number of benzene rings is 1. The van der Waals surface area contributed by atoms with E-state index in [1.165, 1.54) is 24.5 Å². The highest BCUT2D eigenvalue weighted by atomic mass is 32.2. The van der Waals surface area contributed by atoms with Gasteiger partial charge in [0.15, 0.2) is 0 Å². The smallest absolute Gasteiger partial charge is 0.264 e. The van der Waals surface area contributed by atoms with Crippen LogP contribution in [0.2, 0.25) is 0 Å². The second-order valence-corrected chi connectivity index (χ2v) is 5.55. The van der Waals surface area contributed by atoms with Gasteiger partial charge in [0.2, 0.25) is 5.95 Å². The standard InChI is InChI=1S/C10H10N4O2S2/c11-9(17)7-1-3-8(4-2-7)18(15,16)14-10-12-5-6-13-10/h1-6H,(H2,11,17)(H2,12,13,14). The average molecular weight is 282 g/mol. The molecule has 0 unspecified atom stereocenters. The number of imidazole rings is 1. The maximum atomic E-state index is 11.9. The molecule has 0 aliphatic carbocycles. The van der Waals surface area contributed by atoms with E-state index in [1.807, 2.05) is 0 Å². The molecule has 2 rings (SSSR count). The summed E-state index contributed by atoms with van der Waals surface area (Å²) in [6.45, 7) is 0. The van der Waals surface area contributed by atoms with Crippen molar-refractivity contribution < 1.29 is 8.42 Å². The maximum Gasteiger partial charge on any atom is 0.264 e. The number of rotatable bonds is 4. The molecule has 0 radical (unpaired) electrons. The lowest BCUT2D eigenvalue weighted by molar-refractivity contribution is 0.601. The molecular formula is C10H10N4O2S2. The zero-order valence-corrected chi connectivity index (χ0v) is 10.8. The van der Waals surface area contributed by atoms with Gasteiger partial charge in [-0.05, 0) is 12.1 Å². The first-order chi connectivity index (χ1) is 8.49. The Balaban J connectivity index is 2.27. The van der Waals surface area contributed by atoms with E-state index in [0.717, 1.165) is 0 Å². The van der Waals surface area contributed by atoms with Crippen LogP contribution in [0.1, 0.15) is 5.56 Å². The molecule has 0 bridgehead atoms. The van der Waals surface area contributed by atoms with Gasteiger partial charge in [0.1, 0.15) is 4.99 Å². The summed E-state index contributed by atoms with van der Waals surface area (Å²) in [6.07, 6.45) is 2.97. The number of anilines is 1. The zero-order valence-electron chi connectivity index (χ0n) is 9.12. The van der Waals surface area contributed by atoms with Crippen LogP contribution in [0, 0.1) is 0 Å². The lowest BCUT2D eigenvalue weighted by Gasteiger charge is -2.06. The number of nitrogens with zero attached hydrogens (tertiary/aromatic N) is 1. The number of nitrogens with two attached hydrogens (primary N) is 1. The van der Waals surface area contributed by atoms with Gasteiger partial charge in [0, 0.05) is 18.0 Å². The number of hydrogen-bond acceptors (Lipinski definition) is 4. The molecule has 6 nitrogen and oxygen atoms in total. The largest absolute Gasteiger partial charge is 0.389 e. The highest BCUT2D eigenvalue weighted by Crippen LogP contribution is 2.13. The lowest BCUT2D eigenvalue weighted by atomic mass is 10.2. The van der Waals surface area contributed by atoms with E-state index in [4.69, 9.17) is 18.0 Å². The van der Waals surface area contributed by atoms with Gasteiger partial charge in [-0.1, -0.05) is 24.4 Å². The number of H-pyrrole nitrogens is 1. The lowest BCUT2D eigenvalue weighted by Crippen LogP contribution is -2.15. The van der Waals surface area contributed by atoms with Crippen molar-refractivity contribution in [1.82, 2.24) is 9.97 Å². The molecule has 0 saturated carbocycles. The maximum absolute atomic E-state index is 11.9. The molecule has 1 heterocycles. The minimum Gasteiger partial charge on any atom is -0.389 e. The Kier molecular flexibility index (Phi) is 3.30. The molecule has 4 N–H and O–H groups in total. The third-order valence-corrected chi connectivity index (χ3v) is 3.77. The molecule has 0 spiro atoms. The topological polar surface area (TPSA) is 101 Å². The summed E-state index contributed by atoms with van der Waals surface area (Å²) in [5, 5.41) is 0. The van der Waals surface area contributed by atoms with Crippen molar-refractivity contribution in [3.63, 3.8) is 0 Å². The first kappa shape index (κ1) is 12.5. The predicted molar refractivity (Wildman–Crippen MR) is 71.7 cm³/mol. The minimum absolute atomic E-state index is 0.110. The van der Waals surface area contributed by atoms with Crippen molar-refractivity contribution in [1.29, 1.82) is 0 Å². The van der Waals surface area contributed by atoms with Crippen LogP contribution in [0.5, 0.6) is 0 Å². The zero-order chi connectivity index (χ0) is 13.2. The molecule has 0 amide bonds. The third-order valence-electron chi connectivity index (χ3n) is 2.18. The van der Waals surface area contributed by atoms with Gasteiger partial charge >= 0.3 is 0 Å². The van der Waals surface area contributed by atoms with Gasteiger partial charge < -0.3 is 10.7 Å². The minimum atomic E-state index is -3.65. The Bertz CT molecular complexity index is 648. The Labute approximate surface area is 109 Å². The van der Waals surface area contributed by atoms with Crippen molar-refractivity contribution in [2.45, 2.75) is 4.90 Å². The van der Waals surface area contributed by atoms with E-state index in [-0.39, 0.29) is 15.8 Å². The molecule has 0 saturated heterocycles. The van der Waals surface area contributed by atoms with Gasteiger partial charge in [-0.3, -0.25) is 0 Å². The fourth-order valence-corrected chi connectivity index (χ4v) is 2.42. The molecule has 0 aliphatic rings. The van der Waals surface area contributed by atoms with Gasteiger partial charge in [-0.15, -0.1) is 0 Å². The summed E-state index contributed by atoms with van der Waals surface area (Å²) in [5.41, 5.74) is 6.05. The Morgan fingerprint density at radius 1 is 1.33 bits per heavy atom. The quantitative estimate of drug-likeness (QED) is 0.722. The molecule has 0 atom stereocenters. The van der Waals surface area contributed by atoms with E-state index >= 15 is 0 Å². The number of thiocarbonyl (C=S) groups is 1. The predicted octanol–water partition coefficient (Wildman–Crippen LogP) is 0.845. The highest BCUT2D eigenvalue weighted by Gasteiger charge is 2.15. The SMILES string of the molecule is NC(=S)c1ccc(S(=O)(=O)Nc2ncc[nH]2)cc1. The highest BCUT2D eigenvalue weighted by molar-refractivity contribution is 7.92. The third kappa shape index (κ3) is 2.66. The van der Waals surface area contributed by atoms with Crippen LogP contribution in [0.25, 0.3) is 0 Å². The van der Waals surface area contributed by atoms with Gasteiger partial charge in [0.05, 0.1) is 4.90 Å². The molecule has 8 heteroatoms. The van der Waals surface area contributed by atoms with Gasteiger partial charge in [-0.2, -0.15) is 0 Å². The molecule has 1 aromatic carbocycles. The first-order valence-electron chi connectivity index (χ1n) is 4.91. The van der Waals surface area contributed by atoms with Crippen LogP contribution in [0.3, 0.4) is 0 Å². The van der Waals surface area contributed by atoms with Crippen LogP contribution in [0.4, 0.5) is 5.95 Å². The van der Waals surface area contributed by atoms with Gasteiger partial charge in [-0.25, -0.2) is 18.1 Å². The fraction of sp³-hybridized carbons (Fsp3) is 0. The first-order valence-corrected chi connectivity index (χ1v) is 6.80. The molecular weight excluding hydrogens is 272 g/mol. The van der Waals surface area contributed by atoms with E-state index in [0.29, 0.717) is 5.56 Å². The van der Waals surface area contributed by atoms with Crippen molar-refractivity contribution >= 4 is 33.2 Å². The van der Waals surface area contributed by atoms with Crippen molar-refractivity contribution in [2.75, 3.05) is 4.72 Å². The van der Waals surface area contributed by atoms with Crippen LogP contribution < -0.4 is 10.5 Å². The Morgan fingerprint density at radius 3 is 2.50 bits per heavy atom. The summed E-state index contributed by atoms with van der Waals surface area (Å²) in [7, 11) is -3.65. The van der Waals surface area contributed by atoms with Crippen molar-refractivity contribution in [3.8, 4) is 0 Å². The Morgan fingerprint density at radius 2 is 2.00 bits per heavy atom. The number of aromatic nitrogens is 2. The monoisotopic (exact) mass is 282 g/mol. The molecule has 1 aromatic heterocycles. The molecule has 0 fully saturated rings. The van der Waals surface area contributed by atoms with Crippen molar-refractivity contribution in [3.05, 3.63) is 42.2 Å². The fourth-order valence-electron chi connectivity index (χ4n) is 1.31. The van der Waals surface area contributed by atoms with Gasteiger partial charge in [0.25, 0.3) is 10.0 Å². The second-order valence-electron chi connectivity index (χ2n) is 3.43. The van der Waals surface area contributed by atoms with E-state index in [1.54, 1.807) is 12.1 Å². The number of sulfonamides is 1. The number of aromatic amines is 1. The summed E-state index contributed by atoms with van der Waals surface area (Å²) < 4.78 is 26.2. The number of hydrogen-bond donors (Lipinski definition) is 3. The van der Waals surface area contributed by atoms with E-state index in [9.17, 15) is 8.42 Å². The van der Waals surface area contributed by atoms with Crippen LogP contribution >= 0.6 is 12.2 Å². The van der Waals surface area contributed by atoms with Crippen molar-refractivity contribution in [2.24, 2.45) is 5.73 Å². The molecule has 0 aliphatic heterocycles. The molecule has 94 valence electrons.